The number of hydrogen-bond acceptors (Lipinski definition) is 2. The van der Waals surface area contributed by atoms with Crippen molar-refractivity contribution in [1.82, 2.24) is 9.97 Å². The second-order valence-corrected chi connectivity index (χ2v) is 5.03. The zero-order chi connectivity index (χ0) is 12.4. The van der Waals surface area contributed by atoms with Crippen molar-refractivity contribution < 1.29 is 0 Å². The molecule has 1 N–H and O–H groups in total. The molecule has 0 atom stereocenters. The van der Waals surface area contributed by atoms with Crippen LogP contribution in [0.15, 0.2) is 33.7 Å². The number of H-pyrrole nitrogens is 1. The van der Waals surface area contributed by atoms with E-state index in [4.69, 9.17) is 0 Å². The van der Waals surface area contributed by atoms with E-state index in [0.29, 0.717) is 16.7 Å². The normalized spacial score (nSPS) is 10.5. The van der Waals surface area contributed by atoms with Gasteiger partial charge >= 0.3 is 0 Å². The third kappa shape index (κ3) is 3.03. The highest BCUT2D eigenvalue weighted by Gasteiger charge is 2.02. The molecule has 1 aromatic carbocycles. The number of hydrogen-bond donors (Lipinski definition) is 1. The first kappa shape index (κ1) is 12.0. The van der Waals surface area contributed by atoms with E-state index in [1.54, 1.807) is 0 Å². The Morgan fingerprint density at radius 3 is 2.47 bits per heavy atom. The van der Waals surface area contributed by atoms with Gasteiger partial charge in [0.2, 0.25) is 0 Å². The van der Waals surface area contributed by atoms with Crippen LogP contribution in [0.4, 0.5) is 0 Å². The van der Waals surface area contributed by atoms with Crippen LogP contribution in [0.2, 0.25) is 0 Å². The van der Waals surface area contributed by atoms with Crippen LogP contribution >= 0.6 is 15.9 Å². The van der Waals surface area contributed by atoms with E-state index in [-0.39, 0.29) is 5.56 Å². The molecule has 2 aromatic rings. The molecule has 0 saturated carbocycles. The maximum Gasteiger partial charge on any atom is 0.265 e. The fraction of sp³-hybridized carbons (Fsp3) is 0.231. The molecule has 0 fully saturated rings. The third-order valence-electron chi connectivity index (χ3n) is 2.46. The quantitative estimate of drug-likeness (QED) is 0.925. The Kier molecular flexibility index (Phi) is 3.43. The maximum absolute atomic E-state index is 11.4. The minimum absolute atomic E-state index is 0.139. The summed E-state index contributed by atoms with van der Waals surface area (Å²) in [5.74, 6) is 0.684. The van der Waals surface area contributed by atoms with Gasteiger partial charge in [-0.05, 0) is 35.3 Å². The van der Waals surface area contributed by atoms with Crippen LogP contribution in [0.5, 0.6) is 0 Å². The first-order valence-corrected chi connectivity index (χ1v) is 6.15. The van der Waals surface area contributed by atoms with E-state index in [1.807, 2.05) is 0 Å². The molecule has 0 spiro atoms. The van der Waals surface area contributed by atoms with Gasteiger partial charge in [-0.1, -0.05) is 29.3 Å². The largest absolute Gasteiger partial charge is 0.309 e. The summed E-state index contributed by atoms with van der Waals surface area (Å²) in [4.78, 5) is 18.4. The highest BCUT2D eigenvalue weighted by molar-refractivity contribution is 9.10. The zero-order valence-electron chi connectivity index (χ0n) is 9.75. The highest BCUT2D eigenvalue weighted by atomic mass is 79.9. The number of aromatic nitrogens is 2. The Hall–Kier alpha value is -1.42. The fourth-order valence-electron chi connectivity index (χ4n) is 1.87. The van der Waals surface area contributed by atoms with Gasteiger partial charge in [0.05, 0.1) is 0 Å². The SMILES string of the molecule is Cc1cc(C)cc(Cc2ncc(Br)c(=O)[nH]2)c1. The number of rotatable bonds is 2. The molecule has 0 aliphatic carbocycles. The van der Waals surface area contributed by atoms with Crippen molar-refractivity contribution in [2.24, 2.45) is 0 Å². The predicted octanol–water partition coefficient (Wildman–Crippen LogP) is 2.74. The monoisotopic (exact) mass is 292 g/mol. The lowest BCUT2D eigenvalue weighted by Crippen LogP contribution is -2.11. The minimum atomic E-state index is -0.139. The molecule has 0 bridgehead atoms. The van der Waals surface area contributed by atoms with Gasteiger partial charge in [-0.3, -0.25) is 4.79 Å². The molecule has 0 unspecified atom stereocenters. The highest BCUT2D eigenvalue weighted by Crippen LogP contribution is 2.11. The van der Waals surface area contributed by atoms with Crippen LogP contribution in [-0.2, 0) is 6.42 Å². The van der Waals surface area contributed by atoms with Gasteiger partial charge < -0.3 is 4.98 Å². The van der Waals surface area contributed by atoms with E-state index in [1.165, 1.54) is 17.3 Å². The third-order valence-corrected chi connectivity index (χ3v) is 3.03. The molecule has 1 aromatic heterocycles. The van der Waals surface area contributed by atoms with Crippen LogP contribution in [0.3, 0.4) is 0 Å². The summed E-state index contributed by atoms with van der Waals surface area (Å²) in [6.07, 6.45) is 2.18. The number of benzene rings is 1. The molecule has 1 heterocycles. The summed E-state index contributed by atoms with van der Waals surface area (Å²) in [5.41, 5.74) is 3.46. The smallest absolute Gasteiger partial charge is 0.265 e. The van der Waals surface area contributed by atoms with Gasteiger partial charge in [-0.2, -0.15) is 0 Å². The summed E-state index contributed by atoms with van der Waals surface area (Å²) in [6, 6.07) is 6.34. The Bertz CT molecular complexity index is 584. The molecule has 0 saturated heterocycles. The number of aryl methyl sites for hydroxylation is 2. The van der Waals surface area contributed by atoms with Gasteiger partial charge in [-0.15, -0.1) is 0 Å². The van der Waals surface area contributed by atoms with Gasteiger partial charge in [0.25, 0.3) is 5.56 Å². The molecule has 0 radical (unpaired) electrons. The standard InChI is InChI=1S/C13H13BrN2O/c1-8-3-9(2)5-10(4-8)6-12-15-7-11(14)13(17)16-12/h3-5,7H,6H2,1-2H3,(H,15,16,17). The first-order chi connectivity index (χ1) is 8.04. The Labute approximate surface area is 108 Å². The number of nitrogens with one attached hydrogen (secondary N) is 1. The fourth-order valence-corrected chi connectivity index (χ4v) is 2.07. The number of nitrogens with zero attached hydrogens (tertiary/aromatic N) is 1. The molecule has 0 aliphatic heterocycles. The van der Waals surface area contributed by atoms with Crippen molar-refractivity contribution in [3.8, 4) is 0 Å². The molecule has 2 rings (SSSR count). The zero-order valence-corrected chi connectivity index (χ0v) is 11.3. The van der Waals surface area contributed by atoms with Crippen LogP contribution < -0.4 is 5.56 Å². The summed E-state index contributed by atoms with van der Waals surface area (Å²) in [6.45, 7) is 4.13. The van der Waals surface area contributed by atoms with E-state index in [0.717, 1.165) is 5.56 Å². The van der Waals surface area contributed by atoms with Crippen LogP contribution in [0.1, 0.15) is 22.5 Å². The second-order valence-electron chi connectivity index (χ2n) is 4.18. The maximum atomic E-state index is 11.4. The average molecular weight is 293 g/mol. The van der Waals surface area contributed by atoms with E-state index < -0.39 is 0 Å². The minimum Gasteiger partial charge on any atom is -0.309 e. The summed E-state index contributed by atoms with van der Waals surface area (Å²) in [7, 11) is 0. The Morgan fingerprint density at radius 1 is 1.24 bits per heavy atom. The van der Waals surface area contributed by atoms with Gasteiger partial charge in [0.15, 0.2) is 0 Å². The van der Waals surface area contributed by atoms with Crippen molar-refractivity contribution in [2.45, 2.75) is 20.3 Å². The van der Waals surface area contributed by atoms with Crippen molar-refractivity contribution in [1.29, 1.82) is 0 Å². The van der Waals surface area contributed by atoms with Crippen molar-refractivity contribution in [2.75, 3.05) is 0 Å². The van der Waals surface area contributed by atoms with E-state index in [9.17, 15) is 4.79 Å². The van der Waals surface area contributed by atoms with Crippen molar-refractivity contribution in [3.05, 3.63) is 61.7 Å². The predicted molar refractivity (Wildman–Crippen MR) is 71.3 cm³/mol. The molecule has 4 heteroatoms. The van der Waals surface area contributed by atoms with E-state index >= 15 is 0 Å². The first-order valence-electron chi connectivity index (χ1n) is 5.35. The lowest BCUT2D eigenvalue weighted by atomic mass is 10.0. The number of halogens is 1. The lowest BCUT2D eigenvalue weighted by molar-refractivity contribution is 0.935. The second kappa shape index (κ2) is 4.84. The Morgan fingerprint density at radius 2 is 1.88 bits per heavy atom. The van der Waals surface area contributed by atoms with Gasteiger partial charge in [-0.25, -0.2) is 4.98 Å². The Balaban J connectivity index is 2.31. The summed E-state index contributed by atoms with van der Waals surface area (Å²) >= 11 is 3.13. The molecule has 0 amide bonds. The van der Waals surface area contributed by atoms with E-state index in [2.05, 4.69) is 57.9 Å². The molecule has 17 heavy (non-hydrogen) atoms. The average Bonchev–Trinajstić information content (AvgIpc) is 2.22. The molecule has 0 aliphatic rings. The number of aromatic amines is 1. The lowest BCUT2D eigenvalue weighted by Gasteiger charge is -2.04. The van der Waals surface area contributed by atoms with Crippen molar-refractivity contribution in [3.63, 3.8) is 0 Å². The van der Waals surface area contributed by atoms with Crippen molar-refractivity contribution >= 4 is 15.9 Å². The van der Waals surface area contributed by atoms with Gasteiger partial charge in [0, 0.05) is 12.6 Å². The van der Waals surface area contributed by atoms with Crippen LogP contribution in [0.25, 0.3) is 0 Å². The molecular formula is C13H13BrN2O. The van der Waals surface area contributed by atoms with Crippen LogP contribution in [-0.4, -0.2) is 9.97 Å². The molecule has 3 nitrogen and oxygen atoms in total. The molecule has 88 valence electrons. The molecular weight excluding hydrogens is 280 g/mol. The van der Waals surface area contributed by atoms with Crippen LogP contribution in [0, 0.1) is 13.8 Å². The topological polar surface area (TPSA) is 45.8 Å². The van der Waals surface area contributed by atoms with Gasteiger partial charge in [0.1, 0.15) is 10.3 Å². The summed E-state index contributed by atoms with van der Waals surface area (Å²) in [5, 5.41) is 0. The summed E-state index contributed by atoms with van der Waals surface area (Å²) < 4.78 is 0.460.